The maximum absolute atomic E-state index is 12.5. The number of aromatic nitrogens is 2. The highest BCUT2D eigenvalue weighted by atomic mass is 16.4. The molecule has 2 rings (SSSR count). The lowest BCUT2D eigenvalue weighted by Gasteiger charge is -2.30. The van der Waals surface area contributed by atoms with Gasteiger partial charge in [-0.1, -0.05) is 20.8 Å². The Morgan fingerprint density at radius 2 is 1.92 bits per heavy atom. The molecule has 0 saturated carbocycles. The van der Waals surface area contributed by atoms with Crippen LogP contribution < -0.4 is 5.32 Å². The van der Waals surface area contributed by atoms with Crippen LogP contribution in [0.4, 0.5) is 10.5 Å². The molecule has 2 amide bonds. The Balaban J connectivity index is 2.03. The van der Waals surface area contributed by atoms with Crippen LogP contribution in [0.5, 0.6) is 0 Å². The van der Waals surface area contributed by atoms with Crippen molar-refractivity contribution in [3.8, 4) is 0 Å². The van der Waals surface area contributed by atoms with Crippen molar-refractivity contribution in [1.82, 2.24) is 14.7 Å². The Bertz CT molecular complexity index is 572. The van der Waals surface area contributed by atoms with Gasteiger partial charge in [0.1, 0.15) is 0 Å². The molecule has 1 aromatic rings. The SMILES string of the molecule is CCc1c(NC(=O)N2CCC(C(=O)O)CC2)cnn1C(CC)CC. The molecule has 24 heavy (non-hydrogen) atoms. The minimum atomic E-state index is -0.769. The first-order valence-electron chi connectivity index (χ1n) is 8.86. The zero-order valence-electron chi connectivity index (χ0n) is 14.8. The van der Waals surface area contributed by atoms with Crippen molar-refractivity contribution in [1.29, 1.82) is 0 Å². The van der Waals surface area contributed by atoms with Gasteiger partial charge >= 0.3 is 12.0 Å². The predicted molar refractivity (Wildman–Crippen MR) is 92.2 cm³/mol. The lowest BCUT2D eigenvalue weighted by atomic mass is 9.97. The summed E-state index contributed by atoms with van der Waals surface area (Å²) in [6, 6.07) is 0.176. The maximum atomic E-state index is 12.5. The normalized spacial score (nSPS) is 15.8. The molecule has 7 nitrogen and oxygen atoms in total. The summed E-state index contributed by atoms with van der Waals surface area (Å²) in [6.07, 6.45) is 5.54. The minimum absolute atomic E-state index is 0.169. The van der Waals surface area contributed by atoms with Crippen molar-refractivity contribution in [3.05, 3.63) is 11.9 Å². The van der Waals surface area contributed by atoms with E-state index in [0.29, 0.717) is 32.0 Å². The van der Waals surface area contributed by atoms with Crippen molar-refractivity contribution >= 4 is 17.7 Å². The van der Waals surface area contributed by atoms with Crippen molar-refractivity contribution in [2.75, 3.05) is 18.4 Å². The first-order valence-corrected chi connectivity index (χ1v) is 8.86. The Morgan fingerprint density at radius 3 is 2.42 bits per heavy atom. The number of rotatable bonds is 6. The number of carboxylic acid groups (broad SMARTS) is 1. The molecule has 1 aliphatic heterocycles. The van der Waals surface area contributed by atoms with Gasteiger partial charge in [0.05, 0.1) is 29.5 Å². The highest BCUT2D eigenvalue weighted by Gasteiger charge is 2.27. The first-order chi connectivity index (χ1) is 11.5. The Hall–Kier alpha value is -2.05. The lowest BCUT2D eigenvalue weighted by molar-refractivity contribution is -0.143. The number of carboxylic acids is 1. The summed E-state index contributed by atoms with van der Waals surface area (Å²) in [5, 5.41) is 16.5. The van der Waals surface area contributed by atoms with Gasteiger partial charge in [0.15, 0.2) is 0 Å². The number of carbonyl (C=O) groups is 2. The number of anilines is 1. The molecule has 1 fully saturated rings. The second kappa shape index (κ2) is 8.17. The number of nitrogens with one attached hydrogen (secondary N) is 1. The number of nitrogens with zero attached hydrogens (tertiary/aromatic N) is 3. The molecule has 0 aliphatic carbocycles. The van der Waals surface area contributed by atoms with E-state index in [9.17, 15) is 9.59 Å². The molecule has 1 saturated heterocycles. The van der Waals surface area contributed by atoms with Gasteiger partial charge in [0.2, 0.25) is 0 Å². The van der Waals surface area contributed by atoms with Crippen LogP contribution in [0.1, 0.15) is 58.2 Å². The molecule has 2 heterocycles. The largest absolute Gasteiger partial charge is 0.481 e. The van der Waals surface area contributed by atoms with E-state index < -0.39 is 5.97 Å². The third-order valence-corrected chi connectivity index (χ3v) is 4.89. The smallest absolute Gasteiger partial charge is 0.321 e. The Labute approximate surface area is 143 Å². The highest BCUT2D eigenvalue weighted by molar-refractivity contribution is 5.90. The zero-order chi connectivity index (χ0) is 17.7. The number of amides is 2. The van der Waals surface area contributed by atoms with Gasteiger partial charge in [0, 0.05) is 13.1 Å². The van der Waals surface area contributed by atoms with Crippen LogP contribution in [-0.2, 0) is 11.2 Å². The minimum Gasteiger partial charge on any atom is -0.481 e. The summed E-state index contributed by atoms with van der Waals surface area (Å²) in [5.41, 5.74) is 1.80. The molecule has 1 aliphatic rings. The standard InChI is InChI=1S/C17H28N4O3/c1-4-13(5-2)21-15(6-3)14(11-18-21)19-17(24)20-9-7-12(8-10-20)16(22)23/h11-13H,4-10H2,1-3H3,(H,19,24)(H,22,23). The van der Waals surface area contributed by atoms with E-state index in [0.717, 1.165) is 30.6 Å². The molecule has 0 spiro atoms. The molecular weight excluding hydrogens is 308 g/mol. The Kier molecular flexibility index (Phi) is 6.23. The molecular formula is C17H28N4O3. The average molecular weight is 336 g/mol. The van der Waals surface area contributed by atoms with Crippen molar-refractivity contribution in [2.45, 2.75) is 58.9 Å². The third kappa shape index (κ3) is 3.88. The molecule has 0 radical (unpaired) electrons. The molecule has 134 valence electrons. The summed E-state index contributed by atoms with van der Waals surface area (Å²) < 4.78 is 2.02. The van der Waals surface area contributed by atoms with Gasteiger partial charge in [-0.3, -0.25) is 9.48 Å². The van der Waals surface area contributed by atoms with Crippen LogP contribution >= 0.6 is 0 Å². The summed E-state index contributed by atoms with van der Waals surface area (Å²) in [7, 11) is 0. The fourth-order valence-corrected chi connectivity index (χ4v) is 3.32. The lowest BCUT2D eigenvalue weighted by Crippen LogP contribution is -2.42. The van der Waals surface area contributed by atoms with Gasteiger partial charge in [-0.05, 0) is 32.1 Å². The molecule has 7 heteroatoms. The number of aliphatic carboxylic acids is 1. The summed E-state index contributed by atoms with van der Waals surface area (Å²) in [5.74, 6) is -1.10. The number of urea groups is 1. The van der Waals surface area contributed by atoms with Gasteiger partial charge < -0.3 is 15.3 Å². The van der Waals surface area contributed by atoms with E-state index >= 15 is 0 Å². The second-order valence-electron chi connectivity index (χ2n) is 6.30. The molecule has 0 unspecified atom stereocenters. The number of hydrogen-bond acceptors (Lipinski definition) is 3. The summed E-state index contributed by atoms with van der Waals surface area (Å²) >= 11 is 0. The van der Waals surface area contributed by atoms with Crippen molar-refractivity contribution < 1.29 is 14.7 Å². The fourth-order valence-electron chi connectivity index (χ4n) is 3.32. The topological polar surface area (TPSA) is 87.5 Å². The summed E-state index contributed by atoms with van der Waals surface area (Å²) in [6.45, 7) is 7.29. The van der Waals surface area contributed by atoms with Gasteiger partial charge in [0.25, 0.3) is 0 Å². The van der Waals surface area contributed by atoms with Crippen LogP contribution in [0.2, 0.25) is 0 Å². The van der Waals surface area contributed by atoms with Crippen molar-refractivity contribution in [3.63, 3.8) is 0 Å². The highest BCUT2D eigenvalue weighted by Crippen LogP contribution is 2.24. The summed E-state index contributed by atoms with van der Waals surface area (Å²) in [4.78, 5) is 25.1. The van der Waals surface area contributed by atoms with Gasteiger partial charge in [-0.25, -0.2) is 4.79 Å². The number of likely N-dealkylation sites (tertiary alicyclic amines) is 1. The number of carbonyl (C=O) groups excluding carboxylic acids is 1. The zero-order valence-corrected chi connectivity index (χ0v) is 14.8. The van der Waals surface area contributed by atoms with Crippen LogP contribution in [-0.4, -0.2) is 44.9 Å². The van der Waals surface area contributed by atoms with E-state index in [4.69, 9.17) is 5.11 Å². The molecule has 0 bridgehead atoms. The van der Waals surface area contributed by atoms with Crippen LogP contribution in [0.25, 0.3) is 0 Å². The average Bonchev–Trinajstić information content (AvgIpc) is 2.98. The van der Waals surface area contributed by atoms with Crippen molar-refractivity contribution in [2.24, 2.45) is 5.92 Å². The van der Waals surface area contributed by atoms with Crippen LogP contribution in [0, 0.1) is 5.92 Å². The Morgan fingerprint density at radius 1 is 1.29 bits per heavy atom. The van der Waals surface area contributed by atoms with E-state index in [1.807, 2.05) is 4.68 Å². The molecule has 0 atom stereocenters. The van der Waals surface area contributed by atoms with E-state index in [1.165, 1.54) is 0 Å². The molecule has 0 aromatic carbocycles. The number of piperidine rings is 1. The monoisotopic (exact) mass is 336 g/mol. The molecule has 2 N–H and O–H groups in total. The number of hydrogen-bond donors (Lipinski definition) is 2. The quantitative estimate of drug-likeness (QED) is 0.835. The van der Waals surface area contributed by atoms with Gasteiger partial charge in [-0.15, -0.1) is 0 Å². The van der Waals surface area contributed by atoms with E-state index in [1.54, 1.807) is 11.1 Å². The third-order valence-electron chi connectivity index (χ3n) is 4.89. The maximum Gasteiger partial charge on any atom is 0.321 e. The van der Waals surface area contributed by atoms with Crippen LogP contribution in [0.15, 0.2) is 6.20 Å². The van der Waals surface area contributed by atoms with E-state index in [2.05, 4.69) is 31.2 Å². The predicted octanol–water partition coefficient (Wildman–Crippen LogP) is 3.14. The second-order valence-corrected chi connectivity index (χ2v) is 6.30. The van der Waals surface area contributed by atoms with Crippen LogP contribution in [0.3, 0.4) is 0 Å². The molecule has 1 aromatic heterocycles. The first kappa shape index (κ1) is 18.3. The fraction of sp³-hybridized carbons (Fsp3) is 0.706. The van der Waals surface area contributed by atoms with Gasteiger partial charge in [-0.2, -0.15) is 5.10 Å². The van der Waals surface area contributed by atoms with E-state index in [-0.39, 0.29) is 11.9 Å².